The molecule has 0 heterocycles. The Morgan fingerprint density at radius 1 is 0.692 bits per heavy atom. The second-order valence-electron chi connectivity index (χ2n) is 0.894. The van der Waals surface area contributed by atoms with E-state index in [0.717, 1.165) is 0 Å². The van der Waals surface area contributed by atoms with Crippen molar-refractivity contribution in [1.29, 1.82) is 0 Å². The quantitative estimate of drug-likeness (QED) is 0.313. The SMILES string of the molecule is O=P([O-])([O-])[O-].O=P([O-])([O-])[O-].[Fe+2].[Fe+3].[Li+]. The monoisotopic (exact) mass is 309 g/mol. The standard InChI is InChI=1S/2Fe.Li.2H3O4P/c;;;2*1-5(2,3)4/h;;;2*(H3,1,2,3,4)/q+2;+3;+1;;/p-6. The van der Waals surface area contributed by atoms with Crippen LogP contribution in [0.15, 0.2) is 0 Å². The molecule has 0 N–H and O–H groups in total. The van der Waals surface area contributed by atoms with Crippen LogP contribution in [0.3, 0.4) is 0 Å². The summed E-state index contributed by atoms with van der Waals surface area (Å²) >= 11 is 0. The van der Waals surface area contributed by atoms with Gasteiger partial charge in [-0.3, -0.25) is 0 Å². The van der Waals surface area contributed by atoms with Crippen molar-refractivity contribution >= 4 is 15.6 Å². The molecule has 1 radical (unpaired) electrons. The predicted octanol–water partition coefficient (Wildman–Crippen LogP) is -8.65. The van der Waals surface area contributed by atoms with Crippen LogP contribution in [0.4, 0.5) is 0 Å². The molecule has 0 aromatic carbocycles. The van der Waals surface area contributed by atoms with E-state index in [2.05, 4.69) is 0 Å². The summed E-state index contributed by atoms with van der Waals surface area (Å²) < 4.78 is 17.1. The Kier molecular flexibility index (Phi) is 26.9. The molecule has 0 aromatic heterocycles. The summed E-state index contributed by atoms with van der Waals surface area (Å²) in [4.78, 5) is 51.3. The molecule has 8 nitrogen and oxygen atoms in total. The van der Waals surface area contributed by atoms with Gasteiger partial charge in [-0.15, -0.1) is 0 Å². The molecule has 13 heavy (non-hydrogen) atoms. The smallest absolute Gasteiger partial charge is 0.822 e. The zero-order valence-corrected chi connectivity index (χ0v) is 9.86. The first-order valence-electron chi connectivity index (χ1n) is 1.46. The minimum absolute atomic E-state index is 0. The maximum atomic E-state index is 8.55. The van der Waals surface area contributed by atoms with E-state index in [1.807, 2.05) is 0 Å². The van der Waals surface area contributed by atoms with Gasteiger partial charge in [-0.05, 0) is 0 Å². The van der Waals surface area contributed by atoms with E-state index in [-0.39, 0.29) is 53.0 Å². The van der Waals surface area contributed by atoms with E-state index in [1.54, 1.807) is 0 Å². The van der Waals surface area contributed by atoms with Gasteiger partial charge >= 0.3 is 53.0 Å². The molecule has 0 rings (SSSR count). The van der Waals surface area contributed by atoms with E-state index < -0.39 is 15.6 Å². The molecule has 0 atom stereocenters. The Morgan fingerprint density at radius 3 is 0.692 bits per heavy atom. The molecular formula is Fe2LiO8P2. The second kappa shape index (κ2) is 11.9. The fourth-order valence-corrected chi connectivity index (χ4v) is 0. The number of hydrogen-bond donors (Lipinski definition) is 0. The molecule has 0 fully saturated rings. The van der Waals surface area contributed by atoms with E-state index in [4.69, 9.17) is 38.5 Å². The van der Waals surface area contributed by atoms with Crippen molar-refractivity contribution in [1.82, 2.24) is 0 Å². The Balaban J connectivity index is -0.0000000267. The van der Waals surface area contributed by atoms with Gasteiger partial charge in [0.1, 0.15) is 0 Å². The Bertz CT molecular complexity index is 132. The summed E-state index contributed by atoms with van der Waals surface area (Å²) in [7, 11) is -10.8. The van der Waals surface area contributed by atoms with E-state index in [9.17, 15) is 0 Å². The molecule has 0 saturated heterocycles. The molecule has 0 spiro atoms. The van der Waals surface area contributed by atoms with Crippen LogP contribution < -0.4 is 48.2 Å². The van der Waals surface area contributed by atoms with E-state index >= 15 is 0 Å². The van der Waals surface area contributed by atoms with Crippen LogP contribution in [-0.2, 0) is 43.3 Å². The largest absolute Gasteiger partial charge is 3.00 e. The van der Waals surface area contributed by atoms with Crippen molar-refractivity contribution in [2.75, 3.05) is 0 Å². The molecule has 0 saturated carbocycles. The maximum absolute atomic E-state index is 8.55. The van der Waals surface area contributed by atoms with Gasteiger partial charge in [0.25, 0.3) is 0 Å². The van der Waals surface area contributed by atoms with Crippen molar-refractivity contribution < 1.29 is 91.5 Å². The fraction of sp³-hybridized carbons (Fsp3) is 0. The number of phosphoric acid groups is 2. The minimum Gasteiger partial charge on any atom is -0.822 e. The van der Waals surface area contributed by atoms with Crippen molar-refractivity contribution in [3.63, 3.8) is 0 Å². The Labute approximate surface area is 107 Å². The van der Waals surface area contributed by atoms with Crippen LogP contribution in [0.2, 0.25) is 0 Å². The molecule has 0 amide bonds. The minimum atomic E-state index is -5.39. The molecule has 13 heteroatoms. The van der Waals surface area contributed by atoms with Gasteiger partial charge in [-0.2, -0.15) is 15.6 Å². The average Bonchev–Trinajstić information content (AvgIpc) is 1.12. The first-order chi connectivity index (χ1) is 4.00. The van der Waals surface area contributed by atoms with Crippen LogP contribution in [-0.4, -0.2) is 0 Å². The third-order valence-electron chi connectivity index (χ3n) is 0. The van der Waals surface area contributed by atoms with E-state index in [1.165, 1.54) is 0 Å². The summed E-state index contributed by atoms with van der Waals surface area (Å²) in [6.07, 6.45) is 0. The van der Waals surface area contributed by atoms with Gasteiger partial charge in [0.2, 0.25) is 0 Å². The summed E-state index contributed by atoms with van der Waals surface area (Å²) in [5.74, 6) is 0. The summed E-state index contributed by atoms with van der Waals surface area (Å²) in [5, 5.41) is 0. The van der Waals surface area contributed by atoms with Crippen LogP contribution in [0.25, 0.3) is 0 Å². The average molecular weight is 309 g/mol. The van der Waals surface area contributed by atoms with Gasteiger partial charge in [0.05, 0.1) is 0 Å². The zero-order valence-electron chi connectivity index (χ0n) is 5.87. The molecule has 0 aliphatic carbocycles. The first-order valence-corrected chi connectivity index (χ1v) is 4.38. The summed E-state index contributed by atoms with van der Waals surface area (Å²) in [6, 6.07) is 0. The van der Waals surface area contributed by atoms with Crippen molar-refractivity contribution in [2.45, 2.75) is 0 Å². The molecule has 0 aliphatic rings. The van der Waals surface area contributed by atoms with Crippen molar-refractivity contribution in [3.8, 4) is 0 Å². The topological polar surface area (TPSA) is 172 Å². The molecule has 0 aliphatic heterocycles. The summed E-state index contributed by atoms with van der Waals surface area (Å²) in [6.45, 7) is 0. The molecule has 0 unspecified atom stereocenters. The Hall–Kier alpha value is 1.86. The van der Waals surface area contributed by atoms with Gasteiger partial charge in [-0.25, -0.2) is 0 Å². The first kappa shape index (κ1) is 29.4. The van der Waals surface area contributed by atoms with Crippen LogP contribution in [0, 0.1) is 0 Å². The number of hydrogen-bond acceptors (Lipinski definition) is 8. The maximum Gasteiger partial charge on any atom is 3.00 e. The van der Waals surface area contributed by atoms with Gasteiger partial charge in [-0.1, -0.05) is 0 Å². The molecular weight excluding hydrogens is 309 g/mol. The zero-order chi connectivity index (χ0) is 9.00. The normalized spacial score (nSPS) is 9.08. The molecule has 75 valence electrons. The molecule has 0 aromatic rings. The third kappa shape index (κ3) is 565. The van der Waals surface area contributed by atoms with Gasteiger partial charge in [0.15, 0.2) is 0 Å². The van der Waals surface area contributed by atoms with Gasteiger partial charge in [0, 0.05) is 0 Å². The van der Waals surface area contributed by atoms with Crippen LogP contribution in [0.1, 0.15) is 0 Å². The number of rotatable bonds is 0. The van der Waals surface area contributed by atoms with Crippen molar-refractivity contribution in [3.05, 3.63) is 0 Å². The summed E-state index contributed by atoms with van der Waals surface area (Å²) in [5.41, 5.74) is 0. The second-order valence-corrected chi connectivity index (χ2v) is 2.68. The van der Waals surface area contributed by atoms with Gasteiger partial charge < -0.3 is 38.5 Å². The predicted molar refractivity (Wildman–Crippen MR) is 15.2 cm³/mol. The Morgan fingerprint density at radius 2 is 0.692 bits per heavy atom. The fourth-order valence-electron chi connectivity index (χ4n) is 0. The van der Waals surface area contributed by atoms with Crippen LogP contribution in [0.5, 0.6) is 0 Å². The van der Waals surface area contributed by atoms with Crippen LogP contribution >= 0.6 is 15.6 Å². The van der Waals surface area contributed by atoms with Crippen molar-refractivity contribution in [2.24, 2.45) is 0 Å². The third-order valence-corrected chi connectivity index (χ3v) is 0. The molecule has 0 bridgehead atoms. The van der Waals surface area contributed by atoms with E-state index in [0.29, 0.717) is 0 Å².